The normalized spacial score (nSPS) is 15.3. The van der Waals surface area contributed by atoms with Crippen molar-refractivity contribution in [2.24, 2.45) is 5.92 Å². The van der Waals surface area contributed by atoms with E-state index >= 15 is 0 Å². The fourth-order valence-corrected chi connectivity index (χ4v) is 3.70. The molecule has 0 bridgehead atoms. The molecule has 1 fully saturated rings. The molecule has 28 heavy (non-hydrogen) atoms. The largest absolute Gasteiger partial charge is 0.492 e. The fourth-order valence-electron chi connectivity index (χ4n) is 3.70. The maximum absolute atomic E-state index is 11.6. The summed E-state index contributed by atoms with van der Waals surface area (Å²) in [7, 11) is 0. The highest BCUT2D eigenvalue weighted by molar-refractivity contribution is 5.69. The Balaban J connectivity index is 1.34. The minimum atomic E-state index is -0.0556. The molecule has 0 saturated carbocycles. The van der Waals surface area contributed by atoms with Crippen LogP contribution in [0.15, 0.2) is 54.6 Å². The van der Waals surface area contributed by atoms with E-state index in [9.17, 15) is 4.79 Å². The standard InChI is InChI=1S/C24H31NO3/c1-2-27-24(26)19-22-12-14-25(15-13-22)16-17-28-23-10-8-21(9-11-23)18-20-6-4-3-5-7-20/h3-11,22H,2,12-19H2,1H3. The first-order valence-electron chi connectivity index (χ1n) is 10.4. The minimum Gasteiger partial charge on any atom is -0.492 e. The Labute approximate surface area is 168 Å². The van der Waals surface area contributed by atoms with E-state index in [0.717, 1.165) is 44.6 Å². The average molecular weight is 382 g/mol. The molecule has 2 aromatic carbocycles. The smallest absolute Gasteiger partial charge is 0.306 e. The molecule has 1 aliphatic heterocycles. The Morgan fingerprint density at radius 1 is 1.00 bits per heavy atom. The van der Waals surface area contributed by atoms with Gasteiger partial charge in [0.05, 0.1) is 6.61 Å². The molecular formula is C24H31NO3. The number of ether oxygens (including phenoxy) is 2. The van der Waals surface area contributed by atoms with E-state index in [1.165, 1.54) is 11.1 Å². The number of benzene rings is 2. The van der Waals surface area contributed by atoms with E-state index in [1.54, 1.807) is 0 Å². The van der Waals surface area contributed by atoms with Crippen molar-refractivity contribution in [1.82, 2.24) is 4.90 Å². The number of likely N-dealkylation sites (tertiary alicyclic amines) is 1. The van der Waals surface area contributed by atoms with Crippen molar-refractivity contribution in [2.75, 3.05) is 32.8 Å². The molecule has 0 aliphatic carbocycles. The summed E-state index contributed by atoms with van der Waals surface area (Å²) in [6, 6.07) is 18.9. The highest BCUT2D eigenvalue weighted by Gasteiger charge is 2.21. The Kier molecular flexibility index (Phi) is 7.92. The molecule has 1 heterocycles. The number of carbonyl (C=O) groups is 1. The van der Waals surface area contributed by atoms with Crippen molar-refractivity contribution in [1.29, 1.82) is 0 Å². The lowest BCUT2D eigenvalue weighted by Crippen LogP contribution is -2.37. The number of esters is 1. The zero-order chi connectivity index (χ0) is 19.6. The molecule has 0 spiro atoms. The lowest BCUT2D eigenvalue weighted by molar-refractivity contribution is -0.144. The molecule has 0 atom stereocenters. The van der Waals surface area contributed by atoms with Crippen LogP contribution in [0.1, 0.15) is 37.3 Å². The van der Waals surface area contributed by atoms with E-state index in [4.69, 9.17) is 9.47 Å². The predicted octanol–water partition coefficient (Wildman–Crippen LogP) is 4.32. The molecule has 0 N–H and O–H groups in total. The molecule has 1 saturated heterocycles. The van der Waals surface area contributed by atoms with Crippen LogP contribution in [-0.4, -0.2) is 43.7 Å². The molecule has 3 rings (SSSR count). The summed E-state index contributed by atoms with van der Waals surface area (Å²) in [5.41, 5.74) is 2.62. The van der Waals surface area contributed by atoms with Crippen LogP contribution in [0.2, 0.25) is 0 Å². The monoisotopic (exact) mass is 381 g/mol. The number of nitrogens with zero attached hydrogens (tertiary/aromatic N) is 1. The van der Waals surface area contributed by atoms with E-state index in [0.29, 0.717) is 25.6 Å². The average Bonchev–Trinajstić information content (AvgIpc) is 2.72. The van der Waals surface area contributed by atoms with E-state index in [1.807, 2.05) is 13.0 Å². The Bertz CT molecular complexity index is 706. The van der Waals surface area contributed by atoms with Gasteiger partial charge in [0.2, 0.25) is 0 Å². The van der Waals surface area contributed by atoms with Gasteiger partial charge in [-0.15, -0.1) is 0 Å². The highest BCUT2D eigenvalue weighted by atomic mass is 16.5. The van der Waals surface area contributed by atoms with Crippen LogP contribution >= 0.6 is 0 Å². The van der Waals surface area contributed by atoms with Crippen molar-refractivity contribution in [2.45, 2.75) is 32.6 Å². The second-order valence-corrected chi connectivity index (χ2v) is 7.45. The lowest BCUT2D eigenvalue weighted by atomic mass is 9.94. The highest BCUT2D eigenvalue weighted by Crippen LogP contribution is 2.21. The van der Waals surface area contributed by atoms with Crippen LogP contribution in [0.5, 0.6) is 5.75 Å². The van der Waals surface area contributed by atoms with Crippen molar-refractivity contribution in [3.05, 3.63) is 65.7 Å². The van der Waals surface area contributed by atoms with Crippen LogP contribution in [0.4, 0.5) is 0 Å². The van der Waals surface area contributed by atoms with Gasteiger partial charge in [-0.2, -0.15) is 0 Å². The van der Waals surface area contributed by atoms with Gasteiger partial charge in [0.15, 0.2) is 0 Å². The van der Waals surface area contributed by atoms with Crippen molar-refractivity contribution in [3.63, 3.8) is 0 Å². The molecule has 0 amide bonds. The molecule has 0 radical (unpaired) electrons. The molecule has 4 heteroatoms. The second kappa shape index (κ2) is 10.9. The molecule has 150 valence electrons. The maximum Gasteiger partial charge on any atom is 0.306 e. The number of rotatable bonds is 9. The van der Waals surface area contributed by atoms with Gasteiger partial charge in [0.25, 0.3) is 0 Å². The van der Waals surface area contributed by atoms with Gasteiger partial charge in [0, 0.05) is 13.0 Å². The Morgan fingerprint density at radius 2 is 1.68 bits per heavy atom. The summed E-state index contributed by atoms with van der Waals surface area (Å²) in [5, 5.41) is 0. The number of hydrogen-bond acceptors (Lipinski definition) is 4. The Hall–Kier alpha value is -2.33. The first-order valence-corrected chi connectivity index (χ1v) is 10.4. The Morgan fingerprint density at radius 3 is 2.36 bits per heavy atom. The van der Waals surface area contributed by atoms with Crippen molar-refractivity contribution < 1.29 is 14.3 Å². The number of carbonyl (C=O) groups excluding carboxylic acids is 1. The van der Waals surface area contributed by atoms with Crippen molar-refractivity contribution in [3.8, 4) is 5.75 Å². The summed E-state index contributed by atoms with van der Waals surface area (Å²) in [5.74, 6) is 1.34. The van der Waals surface area contributed by atoms with Crippen LogP contribution in [-0.2, 0) is 16.0 Å². The summed E-state index contributed by atoms with van der Waals surface area (Å²) < 4.78 is 11.0. The molecule has 1 aliphatic rings. The fraction of sp³-hybridized carbons (Fsp3) is 0.458. The van der Waals surface area contributed by atoms with E-state index < -0.39 is 0 Å². The third-order valence-electron chi connectivity index (χ3n) is 5.32. The van der Waals surface area contributed by atoms with Gasteiger partial charge in [-0.25, -0.2) is 0 Å². The molecule has 0 unspecified atom stereocenters. The SMILES string of the molecule is CCOC(=O)CC1CCN(CCOc2ccc(Cc3ccccc3)cc2)CC1. The summed E-state index contributed by atoms with van der Waals surface area (Å²) >= 11 is 0. The number of piperidine rings is 1. The minimum absolute atomic E-state index is 0.0556. The van der Waals surface area contributed by atoms with Gasteiger partial charge < -0.3 is 9.47 Å². The zero-order valence-electron chi connectivity index (χ0n) is 16.8. The van der Waals surface area contributed by atoms with Gasteiger partial charge in [-0.3, -0.25) is 9.69 Å². The second-order valence-electron chi connectivity index (χ2n) is 7.45. The maximum atomic E-state index is 11.6. The quantitative estimate of drug-likeness (QED) is 0.607. The third-order valence-corrected chi connectivity index (χ3v) is 5.32. The van der Waals surface area contributed by atoms with Gasteiger partial charge in [0.1, 0.15) is 12.4 Å². The topological polar surface area (TPSA) is 38.8 Å². The van der Waals surface area contributed by atoms with Crippen LogP contribution in [0.25, 0.3) is 0 Å². The molecule has 4 nitrogen and oxygen atoms in total. The molecular weight excluding hydrogens is 350 g/mol. The third kappa shape index (κ3) is 6.68. The van der Waals surface area contributed by atoms with E-state index in [2.05, 4.69) is 53.4 Å². The van der Waals surface area contributed by atoms with Crippen LogP contribution in [0, 0.1) is 5.92 Å². The molecule has 0 aromatic heterocycles. The van der Waals surface area contributed by atoms with Gasteiger partial charge in [-0.05, 0) is 68.5 Å². The first-order chi connectivity index (χ1) is 13.7. The zero-order valence-corrected chi connectivity index (χ0v) is 16.8. The predicted molar refractivity (Wildman–Crippen MR) is 112 cm³/mol. The summed E-state index contributed by atoms with van der Waals surface area (Å²) in [4.78, 5) is 14.0. The van der Waals surface area contributed by atoms with Gasteiger partial charge >= 0.3 is 5.97 Å². The lowest BCUT2D eigenvalue weighted by Gasteiger charge is -2.31. The van der Waals surface area contributed by atoms with Crippen LogP contribution < -0.4 is 4.74 Å². The summed E-state index contributed by atoms with van der Waals surface area (Å²) in [6.07, 6.45) is 3.63. The van der Waals surface area contributed by atoms with Crippen LogP contribution in [0.3, 0.4) is 0 Å². The molecule has 2 aromatic rings. The first kappa shape index (κ1) is 20.4. The number of hydrogen-bond donors (Lipinski definition) is 0. The van der Waals surface area contributed by atoms with E-state index in [-0.39, 0.29) is 5.97 Å². The van der Waals surface area contributed by atoms with Gasteiger partial charge in [-0.1, -0.05) is 42.5 Å². The van der Waals surface area contributed by atoms with Crippen molar-refractivity contribution >= 4 is 5.97 Å². The summed E-state index contributed by atoms with van der Waals surface area (Å²) in [6.45, 7) is 6.02.